The maximum atomic E-state index is 13.0. The van der Waals surface area contributed by atoms with Gasteiger partial charge < -0.3 is 15.0 Å². The molecule has 0 saturated carbocycles. The van der Waals surface area contributed by atoms with Crippen molar-refractivity contribution in [2.24, 2.45) is 0 Å². The number of rotatable bonds is 11. The largest absolute Gasteiger partial charge is 0.494 e. The number of carbonyl (C=O) groups is 2. The summed E-state index contributed by atoms with van der Waals surface area (Å²) in [5.41, 5.74) is 0.927. The van der Waals surface area contributed by atoms with Crippen molar-refractivity contribution in [3.05, 3.63) is 65.2 Å². The predicted octanol–water partition coefficient (Wildman–Crippen LogP) is 4.83. The summed E-state index contributed by atoms with van der Waals surface area (Å²) in [6.45, 7) is 6.53. The summed E-state index contributed by atoms with van der Waals surface area (Å²) in [5, 5.41) is 3.61. The molecule has 2 atom stereocenters. The second kappa shape index (κ2) is 12.2. The molecule has 2 aromatic carbocycles. The average Bonchev–Trinajstić information content (AvgIpc) is 2.76. The first kappa shape index (κ1) is 23.7. The van der Waals surface area contributed by atoms with Crippen LogP contribution >= 0.6 is 11.6 Å². The number of halogens is 1. The zero-order valence-corrected chi connectivity index (χ0v) is 18.7. The number of benzene rings is 2. The number of hydrogen-bond acceptors (Lipinski definition) is 3. The van der Waals surface area contributed by atoms with Crippen molar-refractivity contribution in [3.8, 4) is 5.75 Å². The molecule has 1 N–H and O–H groups in total. The number of carbonyl (C=O) groups excluding carboxylic acids is 2. The normalized spacial score (nSPS) is 12.7. The van der Waals surface area contributed by atoms with Crippen molar-refractivity contribution in [2.75, 3.05) is 6.61 Å². The van der Waals surface area contributed by atoms with Crippen LogP contribution in [0.4, 0.5) is 0 Å². The molecule has 2 aromatic rings. The lowest BCUT2D eigenvalue weighted by molar-refractivity contribution is -0.141. The molecule has 2 rings (SSSR count). The van der Waals surface area contributed by atoms with Crippen LogP contribution in [-0.4, -0.2) is 35.4 Å². The van der Waals surface area contributed by atoms with Gasteiger partial charge in [0.25, 0.3) is 0 Å². The Kier molecular flexibility index (Phi) is 9.68. The first-order valence-electron chi connectivity index (χ1n) is 10.4. The van der Waals surface area contributed by atoms with Gasteiger partial charge in [0.2, 0.25) is 11.8 Å². The smallest absolute Gasteiger partial charge is 0.242 e. The van der Waals surface area contributed by atoms with E-state index in [0.29, 0.717) is 31.0 Å². The van der Waals surface area contributed by atoms with Crippen molar-refractivity contribution in [1.82, 2.24) is 10.2 Å². The Balaban J connectivity index is 2.00. The van der Waals surface area contributed by atoms with E-state index < -0.39 is 6.04 Å². The minimum Gasteiger partial charge on any atom is -0.494 e. The fourth-order valence-corrected chi connectivity index (χ4v) is 3.03. The van der Waals surface area contributed by atoms with Gasteiger partial charge in [-0.2, -0.15) is 0 Å². The summed E-state index contributed by atoms with van der Waals surface area (Å²) in [6, 6.07) is 16.3. The highest BCUT2D eigenvalue weighted by atomic mass is 35.5. The molecule has 0 spiro atoms. The average molecular weight is 431 g/mol. The minimum atomic E-state index is -0.572. The first-order chi connectivity index (χ1) is 14.4. The van der Waals surface area contributed by atoms with Crippen LogP contribution in [0.3, 0.4) is 0 Å². The molecule has 0 heterocycles. The number of para-hydroxylation sites is 1. The number of ether oxygens (including phenoxy) is 1. The Labute approximate surface area is 184 Å². The van der Waals surface area contributed by atoms with Crippen LogP contribution < -0.4 is 10.1 Å². The molecule has 0 fully saturated rings. The van der Waals surface area contributed by atoms with Gasteiger partial charge in [-0.3, -0.25) is 9.59 Å². The topological polar surface area (TPSA) is 58.6 Å². The van der Waals surface area contributed by atoms with Gasteiger partial charge in [0, 0.05) is 24.0 Å². The van der Waals surface area contributed by atoms with Crippen molar-refractivity contribution in [2.45, 2.75) is 58.7 Å². The summed E-state index contributed by atoms with van der Waals surface area (Å²) in [5.74, 6) is 0.560. The van der Waals surface area contributed by atoms with E-state index >= 15 is 0 Å². The molecule has 6 heteroatoms. The van der Waals surface area contributed by atoms with Crippen LogP contribution in [-0.2, 0) is 16.1 Å². The molecular weight excluding hydrogens is 400 g/mol. The highest BCUT2D eigenvalue weighted by molar-refractivity contribution is 6.30. The second-order valence-corrected chi connectivity index (χ2v) is 7.84. The lowest BCUT2D eigenvalue weighted by Gasteiger charge is -2.29. The number of amides is 2. The van der Waals surface area contributed by atoms with E-state index in [1.165, 1.54) is 0 Å². The molecule has 0 aliphatic rings. The van der Waals surface area contributed by atoms with Gasteiger partial charge in [-0.05, 0) is 56.5 Å². The SMILES string of the molecule is CCC(C)NC(=O)C(C)N(Cc1ccc(Cl)cc1)C(=O)CCCOc1ccccc1. The maximum Gasteiger partial charge on any atom is 0.242 e. The third-order valence-electron chi connectivity index (χ3n) is 4.98. The summed E-state index contributed by atoms with van der Waals surface area (Å²) < 4.78 is 5.68. The molecule has 5 nitrogen and oxygen atoms in total. The Bertz CT molecular complexity index is 796. The maximum absolute atomic E-state index is 13.0. The summed E-state index contributed by atoms with van der Waals surface area (Å²) in [6.07, 6.45) is 1.71. The Morgan fingerprint density at radius 3 is 2.37 bits per heavy atom. The molecule has 2 unspecified atom stereocenters. The quantitative estimate of drug-likeness (QED) is 0.519. The molecule has 2 amide bonds. The van der Waals surface area contributed by atoms with E-state index in [0.717, 1.165) is 17.7 Å². The van der Waals surface area contributed by atoms with Crippen LogP contribution in [0.1, 0.15) is 45.6 Å². The fraction of sp³-hybridized carbons (Fsp3) is 0.417. The number of nitrogens with zero attached hydrogens (tertiary/aromatic N) is 1. The van der Waals surface area contributed by atoms with Gasteiger partial charge in [0.05, 0.1) is 6.61 Å². The molecule has 0 aromatic heterocycles. The van der Waals surface area contributed by atoms with Gasteiger partial charge in [-0.15, -0.1) is 0 Å². The standard InChI is InChI=1S/C24H31ClN2O3/c1-4-18(2)26-24(29)19(3)27(17-20-12-14-21(25)15-13-20)23(28)11-8-16-30-22-9-6-5-7-10-22/h5-7,9-10,12-15,18-19H,4,8,11,16-17H2,1-3H3,(H,26,29). The summed E-state index contributed by atoms with van der Waals surface area (Å²) in [4.78, 5) is 27.3. The van der Waals surface area contributed by atoms with Gasteiger partial charge in [0.15, 0.2) is 0 Å². The van der Waals surface area contributed by atoms with Crippen molar-refractivity contribution in [1.29, 1.82) is 0 Å². The molecule has 0 saturated heterocycles. The molecular formula is C24H31ClN2O3. The zero-order valence-electron chi connectivity index (χ0n) is 17.9. The first-order valence-corrected chi connectivity index (χ1v) is 10.8. The number of nitrogens with one attached hydrogen (secondary N) is 1. The summed E-state index contributed by atoms with van der Waals surface area (Å²) >= 11 is 5.97. The lowest BCUT2D eigenvalue weighted by atomic mass is 10.1. The highest BCUT2D eigenvalue weighted by Crippen LogP contribution is 2.16. The molecule has 162 valence electrons. The van der Waals surface area contributed by atoms with E-state index in [4.69, 9.17) is 16.3 Å². The van der Waals surface area contributed by atoms with Crippen molar-refractivity contribution >= 4 is 23.4 Å². The molecule has 0 aliphatic carbocycles. The van der Waals surface area contributed by atoms with E-state index in [9.17, 15) is 9.59 Å². The highest BCUT2D eigenvalue weighted by Gasteiger charge is 2.26. The van der Waals surface area contributed by atoms with Crippen LogP contribution in [0.2, 0.25) is 5.02 Å². The minimum absolute atomic E-state index is 0.0618. The third-order valence-corrected chi connectivity index (χ3v) is 5.23. The molecule has 0 radical (unpaired) electrons. The van der Waals surface area contributed by atoms with Crippen LogP contribution in [0.15, 0.2) is 54.6 Å². The van der Waals surface area contributed by atoms with Crippen LogP contribution in [0.5, 0.6) is 5.75 Å². The lowest BCUT2D eigenvalue weighted by Crippen LogP contribution is -2.49. The van der Waals surface area contributed by atoms with Gasteiger partial charge >= 0.3 is 0 Å². The van der Waals surface area contributed by atoms with E-state index in [-0.39, 0.29) is 17.9 Å². The zero-order chi connectivity index (χ0) is 21.9. The van der Waals surface area contributed by atoms with E-state index in [1.807, 2.05) is 56.3 Å². The predicted molar refractivity (Wildman–Crippen MR) is 121 cm³/mol. The van der Waals surface area contributed by atoms with E-state index in [2.05, 4.69) is 5.32 Å². The summed E-state index contributed by atoms with van der Waals surface area (Å²) in [7, 11) is 0. The van der Waals surface area contributed by atoms with Crippen LogP contribution in [0.25, 0.3) is 0 Å². The molecule has 0 aliphatic heterocycles. The van der Waals surface area contributed by atoms with Crippen molar-refractivity contribution < 1.29 is 14.3 Å². The molecule has 30 heavy (non-hydrogen) atoms. The van der Waals surface area contributed by atoms with E-state index in [1.54, 1.807) is 24.0 Å². The van der Waals surface area contributed by atoms with Crippen LogP contribution in [0, 0.1) is 0 Å². The number of hydrogen-bond donors (Lipinski definition) is 1. The van der Waals surface area contributed by atoms with Gasteiger partial charge in [0.1, 0.15) is 11.8 Å². The monoisotopic (exact) mass is 430 g/mol. The van der Waals surface area contributed by atoms with Gasteiger partial charge in [-0.1, -0.05) is 48.9 Å². The van der Waals surface area contributed by atoms with Crippen molar-refractivity contribution in [3.63, 3.8) is 0 Å². The Morgan fingerprint density at radius 2 is 1.73 bits per heavy atom. The van der Waals surface area contributed by atoms with Gasteiger partial charge in [-0.25, -0.2) is 0 Å². The molecule has 0 bridgehead atoms. The Hall–Kier alpha value is -2.53. The fourth-order valence-electron chi connectivity index (χ4n) is 2.91. The third kappa shape index (κ3) is 7.71. The Morgan fingerprint density at radius 1 is 1.07 bits per heavy atom. The second-order valence-electron chi connectivity index (χ2n) is 7.41.